The Bertz CT molecular complexity index is 1300. The van der Waals surface area contributed by atoms with Crippen LogP contribution in [0.2, 0.25) is 0 Å². The number of aryl methyl sites for hydroxylation is 1. The van der Waals surface area contributed by atoms with E-state index in [0.717, 1.165) is 75.3 Å². The number of hydrogen-bond acceptors (Lipinski definition) is 7. The van der Waals surface area contributed by atoms with Crippen molar-refractivity contribution in [2.24, 2.45) is 0 Å². The Kier molecular flexibility index (Phi) is 9.24. The van der Waals surface area contributed by atoms with Crippen LogP contribution in [-0.2, 0) is 22.4 Å². The van der Waals surface area contributed by atoms with Gasteiger partial charge in [0.2, 0.25) is 0 Å². The van der Waals surface area contributed by atoms with Crippen molar-refractivity contribution in [3.8, 4) is 5.75 Å². The maximum absolute atomic E-state index is 13.6. The Balaban J connectivity index is 1.32. The van der Waals surface area contributed by atoms with Gasteiger partial charge in [-0.3, -0.25) is 9.59 Å². The highest BCUT2D eigenvalue weighted by Crippen LogP contribution is 2.39. The Hall–Kier alpha value is -2.85. The van der Waals surface area contributed by atoms with Gasteiger partial charge in [0.15, 0.2) is 0 Å². The lowest BCUT2D eigenvalue weighted by Crippen LogP contribution is -2.20. The fourth-order valence-corrected chi connectivity index (χ4v) is 7.28. The van der Waals surface area contributed by atoms with Crippen molar-refractivity contribution in [2.75, 3.05) is 44.0 Å². The Labute approximate surface area is 238 Å². The molecule has 9 heteroatoms. The first-order chi connectivity index (χ1) is 19.0. The van der Waals surface area contributed by atoms with Gasteiger partial charge in [-0.2, -0.15) is 0 Å². The zero-order chi connectivity index (χ0) is 27.2. The minimum Gasteiger partial charge on any atom is -0.497 e. The minimum absolute atomic E-state index is 0.177. The number of thiophene rings is 1. The minimum atomic E-state index is -0.196. The maximum Gasteiger partial charge on any atom is 0.258 e. The van der Waals surface area contributed by atoms with Crippen molar-refractivity contribution >= 4 is 45.8 Å². The van der Waals surface area contributed by atoms with E-state index in [9.17, 15) is 9.59 Å². The number of rotatable bonds is 7. The molecule has 1 fully saturated rings. The fourth-order valence-electron chi connectivity index (χ4n) is 4.99. The molecule has 0 spiro atoms. The third-order valence-corrected chi connectivity index (χ3v) is 9.46. The summed E-state index contributed by atoms with van der Waals surface area (Å²) in [5.41, 5.74) is 3.90. The van der Waals surface area contributed by atoms with Gasteiger partial charge in [-0.15, -0.1) is 11.3 Å². The van der Waals surface area contributed by atoms with Gasteiger partial charge in [0.1, 0.15) is 10.8 Å². The molecule has 2 amide bonds. The van der Waals surface area contributed by atoms with Crippen LogP contribution in [0, 0.1) is 0 Å². The molecule has 2 aromatic rings. The van der Waals surface area contributed by atoms with Gasteiger partial charge in [-0.25, -0.2) is 4.31 Å². The van der Waals surface area contributed by atoms with E-state index in [1.54, 1.807) is 19.1 Å². The van der Waals surface area contributed by atoms with E-state index in [1.165, 1.54) is 21.1 Å². The van der Waals surface area contributed by atoms with Crippen LogP contribution in [0.3, 0.4) is 0 Å². The summed E-state index contributed by atoms with van der Waals surface area (Å²) in [4.78, 5) is 29.5. The van der Waals surface area contributed by atoms with E-state index >= 15 is 0 Å². The molecule has 1 aromatic carbocycles. The van der Waals surface area contributed by atoms with Crippen LogP contribution >= 0.6 is 23.3 Å². The monoisotopic (exact) mass is 565 g/mol. The number of nitrogens with zero attached hydrogens (tertiary/aromatic N) is 1. The van der Waals surface area contributed by atoms with E-state index in [1.807, 2.05) is 43.3 Å². The number of nitrogens with one attached hydrogen (secondary N) is 2. The molecular weight excluding hydrogens is 530 g/mol. The average Bonchev–Trinajstić information content (AvgIpc) is 3.06. The van der Waals surface area contributed by atoms with Crippen molar-refractivity contribution < 1.29 is 19.1 Å². The lowest BCUT2D eigenvalue weighted by atomic mass is 9.95. The van der Waals surface area contributed by atoms with Crippen LogP contribution in [-0.4, -0.2) is 49.5 Å². The highest BCUT2D eigenvalue weighted by Gasteiger charge is 2.27. The highest BCUT2D eigenvalue weighted by atomic mass is 32.2. The number of methoxy groups -OCH3 is 1. The molecule has 0 radical (unpaired) electrons. The van der Waals surface area contributed by atoms with Crippen LogP contribution in [0.5, 0.6) is 5.75 Å². The fraction of sp³-hybridized carbons (Fsp3) is 0.400. The first kappa shape index (κ1) is 27.7. The first-order valence-corrected chi connectivity index (χ1v) is 15.1. The van der Waals surface area contributed by atoms with Crippen LogP contribution in [0.4, 0.5) is 10.7 Å². The molecule has 2 heterocycles. The molecule has 1 aromatic heterocycles. The number of ether oxygens (including phenoxy) is 2. The summed E-state index contributed by atoms with van der Waals surface area (Å²) in [5, 5.41) is 6.76. The van der Waals surface area contributed by atoms with Gasteiger partial charge in [0.25, 0.3) is 11.8 Å². The predicted molar refractivity (Wildman–Crippen MR) is 160 cm³/mol. The van der Waals surface area contributed by atoms with Crippen molar-refractivity contribution in [1.82, 2.24) is 4.31 Å². The quantitative estimate of drug-likeness (QED) is 0.381. The molecule has 7 nitrogen and oxygen atoms in total. The number of anilines is 2. The number of hydrogen-bond donors (Lipinski definition) is 2. The molecule has 0 bridgehead atoms. The summed E-state index contributed by atoms with van der Waals surface area (Å²) in [7, 11) is 1.61. The van der Waals surface area contributed by atoms with E-state index in [2.05, 4.69) is 21.0 Å². The Morgan fingerprint density at radius 3 is 2.64 bits per heavy atom. The zero-order valence-electron chi connectivity index (χ0n) is 22.5. The summed E-state index contributed by atoms with van der Waals surface area (Å²) in [6, 6.07) is 7.27. The number of allylic oxidation sites excluding steroid dienone is 4. The largest absolute Gasteiger partial charge is 0.497 e. The smallest absolute Gasteiger partial charge is 0.258 e. The van der Waals surface area contributed by atoms with Gasteiger partial charge in [-0.1, -0.05) is 18.2 Å². The molecule has 5 rings (SSSR count). The van der Waals surface area contributed by atoms with Gasteiger partial charge in [0.05, 0.1) is 19.3 Å². The summed E-state index contributed by atoms with van der Waals surface area (Å²) in [5.74, 6) is 0.355. The molecule has 0 unspecified atom stereocenters. The molecular formula is C30H35N3O4S2. The predicted octanol–water partition coefficient (Wildman–Crippen LogP) is 6.36. The van der Waals surface area contributed by atoms with Crippen LogP contribution in [0.25, 0.3) is 0 Å². The second-order valence-electron chi connectivity index (χ2n) is 9.84. The molecule has 3 aliphatic rings. The van der Waals surface area contributed by atoms with Gasteiger partial charge >= 0.3 is 0 Å². The van der Waals surface area contributed by atoms with Crippen LogP contribution in [0.15, 0.2) is 58.5 Å². The lowest BCUT2D eigenvalue weighted by Gasteiger charge is -2.18. The van der Waals surface area contributed by atoms with Crippen molar-refractivity contribution in [2.45, 2.75) is 45.4 Å². The second-order valence-corrected chi connectivity index (χ2v) is 12.2. The van der Waals surface area contributed by atoms with Crippen molar-refractivity contribution in [1.29, 1.82) is 0 Å². The molecule has 2 N–H and O–H groups in total. The molecule has 0 saturated carbocycles. The molecule has 0 atom stereocenters. The normalized spacial score (nSPS) is 18.1. The zero-order valence-corrected chi connectivity index (χ0v) is 24.1. The first-order valence-electron chi connectivity index (χ1n) is 13.5. The van der Waals surface area contributed by atoms with Crippen LogP contribution < -0.4 is 15.4 Å². The number of carbonyl (C=O) groups excluding carboxylic acids is 2. The van der Waals surface area contributed by atoms with Gasteiger partial charge in [0, 0.05) is 40.7 Å². The molecule has 1 aliphatic heterocycles. The van der Waals surface area contributed by atoms with E-state index < -0.39 is 0 Å². The molecule has 1 saturated heterocycles. The third-order valence-electron chi connectivity index (χ3n) is 7.10. The van der Waals surface area contributed by atoms with E-state index in [4.69, 9.17) is 9.47 Å². The number of carbonyl (C=O) groups is 2. The summed E-state index contributed by atoms with van der Waals surface area (Å²) >= 11 is 3.29. The number of amides is 2. The van der Waals surface area contributed by atoms with Gasteiger partial charge in [-0.05, 0) is 92.8 Å². The topological polar surface area (TPSA) is 79.9 Å². The Morgan fingerprint density at radius 1 is 1.00 bits per heavy atom. The molecule has 2 aliphatic carbocycles. The Morgan fingerprint density at radius 2 is 1.82 bits per heavy atom. The number of fused-ring (bicyclic) bond motifs is 1. The van der Waals surface area contributed by atoms with Gasteiger partial charge < -0.3 is 20.1 Å². The molecule has 39 heavy (non-hydrogen) atoms. The third kappa shape index (κ3) is 6.84. The summed E-state index contributed by atoms with van der Waals surface area (Å²) in [6.45, 7) is 5.41. The number of benzene rings is 1. The van der Waals surface area contributed by atoms with Crippen molar-refractivity contribution in [3.63, 3.8) is 0 Å². The average molecular weight is 566 g/mol. The highest BCUT2D eigenvalue weighted by molar-refractivity contribution is 8.00. The summed E-state index contributed by atoms with van der Waals surface area (Å²) < 4.78 is 13.1. The van der Waals surface area contributed by atoms with Crippen LogP contribution in [0.1, 0.15) is 53.4 Å². The standard InChI is InChI=1S/C30H35N3O4S2/c1-20-8-13-23(39-33-16-5-18-37-19-17-33)14-15-24(20)28(34)32-30-27(25-6-3-4-7-26(25)38-30)29(35)31-21-9-11-22(36-2)12-10-21/h8-13,15H,3-7,14,16-19H2,1-2H3,(H,31,35)(H,32,34). The second kappa shape index (κ2) is 13.0. The SMILES string of the molecule is COc1ccc(NC(=O)c2c(NC(=O)C3=CCC(SN4CCCOCC4)=CC=C3C)sc3c2CCCC3)cc1. The summed E-state index contributed by atoms with van der Waals surface area (Å²) in [6.07, 6.45) is 11.8. The van der Waals surface area contributed by atoms with E-state index in [-0.39, 0.29) is 11.8 Å². The van der Waals surface area contributed by atoms with Crippen molar-refractivity contribution in [3.05, 3.63) is 74.5 Å². The molecule has 206 valence electrons. The van der Waals surface area contributed by atoms with E-state index in [0.29, 0.717) is 28.2 Å². The lowest BCUT2D eigenvalue weighted by molar-refractivity contribution is -0.112. The maximum atomic E-state index is 13.6.